The minimum Gasteiger partial charge on any atom is -0.326 e. The summed E-state index contributed by atoms with van der Waals surface area (Å²) in [5, 5.41) is 0. The minimum atomic E-state index is -0.427. The summed E-state index contributed by atoms with van der Waals surface area (Å²) in [6, 6.07) is 13.9. The number of aromatic amines is 1. The molecule has 2 atom stereocenters. The van der Waals surface area contributed by atoms with Crippen molar-refractivity contribution in [3.63, 3.8) is 0 Å². The predicted molar refractivity (Wildman–Crippen MR) is 117 cm³/mol. The molecular formula is C25H26N2O. The van der Waals surface area contributed by atoms with Gasteiger partial charge in [-0.3, -0.25) is 9.79 Å². The Morgan fingerprint density at radius 2 is 2.00 bits per heavy atom. The maximum absolute atomic E-state index is 11.9. The fraction of sp³-hybridized carbons (Fsp3) is 0.280. The van der Waals surface area contributed by atoms with Crippen LogP contribution in [0, 0.1) is 5.92 Å². The molecule has 3 heteroatoms. The van der Waals surface area contributed by atoms with Gasteiger partial charge in [-0.2, -0.15) is 0 Å². The van der Waals surface area contributed by atoms with Crippen LogP contribution < -0.4 is 5.56 Å². The molecule has 1 aromatic carbocycles. The monoisotopic (exact) mass is 370 g/mol. The number of hydrogen-bond donors (Lipinski definition) is 1. The fourth-order valence-electron chi connectivity index (χ4n) is 4.73. The molecule has 2 bridgehead atoms. The summed E-state index contributed by atoms with van der Waals surface area (Å²) < 4.78 is 0. The summed E-state index contributed by atoms with van der Waals surface area (Å²) in [5.41, 5.74) is 6.75. The number of aromatic nitrogens is 1. The van der Waals surface area contributed by atoms with E-state index in [1.54, 1.807) is 6.07 Å². The lowest BCUT2D eigenvalue weighted by molar-refractivity contribution is 0.413. The molecule has 28 heavy (non-hydrogen) atoms. The Hall–Kier alpha value is -2.94. The number of nitrogens with zero attached hydrogens (tertiary/aromatic N) is 1. The first-order valence-electron chi connectivity index (χ1n) is 9.87. The van der Waals surface area contributed by atoms with Crippen molar-refractivity contribution in [1.82, 2.24) is 4.98 Å². The van der Waals surface area contributed by atoms with Crippen LogP contribution in [0.1, 0.15) is 44.0 Å². The molecule has 2 aromatic rings. The Balaban J connectivity index is 1.82. The number of H-pyrrole nitrogens is 1. The molecule has 0 spiro atoms. The van der Waals surface area contributed by atoms with Crippen molar-refractivity contribution in [3.05, 3.63) is 99.0 Å². The van der Waals surface area contributed by atoms with Crippen molar-refractivity contribution in [2.45, 2.75) is 39.2 Å². The average Bonchev–Trinajstić information content (AvgIpc) is 2.67. The van der Waals surface area contributed by atoms with E-state index in [-0.39, 0.29) is 5.56 Å². The van der Waals surface area contributed by atoms with Gasteiger partial charge in [0.15, 0.2) is 0 Å². The molecule has 0 saturated heterocycles. The number of rotatable bonds is 3. The maximum atomic E-state index is 11.9. The third-order valence-corrected chi connectivity index (χ3v) is 5.93. The van der Waals surface area contributed by atoms with Crippen LogP contribution in [0.25, 0.3) is 5.57 Å². The van der Waals surface area contributed by atoms with Gasteiger partial charge in [-0.05, 0) is 56.0 Å². The summed E-state index contributed by atoms with van der Waals surface area (Å²) in [5.74, 6) is 0.292. The lowest BCUT2D eigenvalue weighted by atomic mass is 9.63. The standard InChI is InChI=1S/C25H26N2O/c1-4-21-20-14-17(2)16-25(21,22-10-11-24(28)27-23(22)15-20)26-13-12-18(3)19-8-6-5-7-9-19/h4-14,20H,15-16H2,1-3H3,(H,27,28)/b18-12+,21-4+,26-13?/t20-,25+/m0/s1. The second-order valence-electron chi connectivity index (χ2n) is 7.81. The van der Waals surface area contributed by atoms with Crippen LogP contribution in [-0.2, 0) is 12.0 Å². The van der Waals surface area contributed by atoms with Gasteiger partial charge in [0.2, 0.25) is 5.56 Å². The van der Waals surface area contributed by atoms with E-state index in [1.807, 2.05) is 30.5 Å². The van der Waals surface area contributed by atoms with Gasteiger partial charge in [0, 0.05) is 35.9 Å². The highest BCUT2D eigenvalue weighted by atomic mass is 16.1. The Labute approximate surface area is 166 Å². The number of fused-ring (bicyclic) bond motifs is 4. The Bertz CT molecular complexity index is 1070. The number of hydrogen-bond acceptors (Lipinski definition) is 2. The Kier molecular flexibility index (Phi) is 4.76. The van der Waals surface area contributed by atoms with Crippen molar-refractivity contribution in [2.24, 2.45) is 10.9 Å². The molecule has 2 aliphatic rings. The Morgan fingerprint density at radius 1 is 1.21 bits per heavy atom. The summed E-state index contributed by atoms with van der Waals surface area (Å²) in [6.45, 7) is 6.39. The third kappa shape index (κ3) is 3.11. The number of aliphatic imine (C=N–C) groups is 1. The van der Waals surface area contributed by atoms with Crippen LogP contribution in [0.5, 0.6) is 0 Å². The summed E-state index contributed by atoms with van der Waals surface area (Å²) in [7, 11) is 0. The first-order chi connectivity index (χ1) is 13.5. The van der Waals surface area contributed by atoms with E-state index in [2.05, 4.69) is 56.1 Å². The summed E-state index contributed by atoms with van der Waals surface area (Å²) in [4.78, 5) is 20.1. The zero-order chi connectivity index (χ0) is 19.7. The molecule has 1 aromatic heterocycles. The quantitative estimate of drug-likeness (QED) is 0.585. The van der Waals surface area contributed by atoms with Crippen LogP contribution in [0.2, 0.25) is 0 Å². The number of allylic oxidation sites excluding steroid dienone is 4. The highest BCUT2D eigenvalue weighted by Crippen LogP contribution is 2.51. The van der Waals surface area contributed by atoms with Gasteiger partial charge in [0.1, 0.15) is 5.54 Å². The molecular weight excluding hydrogens is 344 g/mol. The smallest absolute Gasteiger partial charge is 0.248 e. The van der Waals surface area contributed by atoms with E-state index >= 15 is 0 Å². The maximum Gasteiger partial charge on any atom is 0.248 e. The van der Waals surface area contributed by atoms with E-state index in [0.29, 0.717) is 5.92 Å². The molecule has 4 rings (SSSR count). The van der Waals surface area contributed by atoms with E-state index in [9.17, 15) is 4.79 Å². The average molecular weight is 370 g/mol. The van der Waals surface area contributed by atoms with Crippen LogP contribution in [-0.4, -0.2) is 11.2 Å². The summed E-state index contributed by atoms with van der Waals surface area (Å²) >= 11 is 0. The molecule has 0 fully saturated rings. The van der Waals surface area contributed by atoms with E-state index in [1.165, 1.54) is 22.3 Å². The normalized spacial score (nSPS) is 25.7. The van der Waals surface area contributed by atoms with Gasteiger partial charge in [0.25, 0.3) is 0 Å². The van der Waals surface area contributed by atoms with E-state index < -0.39 is 5.54 Å². The highest BCUT2D eigenvalue weighted by molar-refractivity contribution is 5.84. The predicted octanol–water partition coefficient (Wildman–Crippen LogP) is 5.21. The molecule has 3 nitrogen and oxygen atoms in total. The minimum absolute atomic E-state index is 0.0413. The lowest BCUT2D eigenvalue weighted by Crippen LogP contribution is -2.40. The van der Waals surface area contributed by atoms with Gasteiger partial charge in [0.05, 0.1) is 0 Å². The first kappa shape index (κ1) is 18.4. The molecule has 0 unspecified atom stereocenters. The van der Waals surface area contributed by atoms with E-state index in [4.69, 9.17) is 4.99 Å². The van der Waals surface area contributed by atoms with Crippen molar-refractivity contribution < 1.29 is 0 Å². The molecule has 0 amide bonds. The van der Waals surface area contributed by atoms with Gasteiger partial charge in [-0.25, -0.2) is 0 Å². The topological polar surface area (TPSA) is 45.2 Å². The second-order valence-corrected chi connectivity index (χ2v) is 7.81. The fourth-order valence-corrected chi connectivity index (χ4v) is 4.73. The molecule has 1 heterocycles. The first-order valence-corrected chi connectivity index (χ1v) is 9.87. The van der Waals surface area contributed by atoms with Crippen molar-refractivity contribution in [3.8, 4) is 0 Å². The van der Waals surface area contributed by atoms with Crippen LogP contribution in [0.3, 0.4) is 0 Å². The molecule has 142 valence electrons. The molecule has 0 radical (unpaired) electrons. The SMILES string of the molecule is C/C=C1\[C@H]2C=C(C)C[C@]1(N=C/C=C(\C)c1ccccc1)c1ccc(=O)[nH]c1C2. The van der Waals surface area contributed by atoms with Crippen molar-refractivity contribution >= 4 is 11.8 Å². The number of pyridine rings is 1. The van der Waals surface area contributed by atoms with E-state index in [0.717, 1.165) is 24.1 Å². The van der Waals surface area contributed by atoms with Gasteiger partial charge in [-0.1, -0.05) is 48.1 Å². The lowest BCUT2D eigenvalue weighted by Gasteiger charge is -2.45. The summed E-state index contributed by atoms with van der Waals surface area (Å²) in [6.07, 6.45) is 10.3. The van der Waals surface area contributed by atoms with Crippen molar-refractivity contribution in [2.75, 3.05) is 0 Å². The molecule has 0 aliphatic heterocycles. The van der Waals surface area contributed by atoms with Gasteiger partial charge >= 0.3 is 0 Å². The zero-order valence-electron chi connectivity index (χ0n) is 16.7. The molecule has 0 saturated carbocycles. The van der Waals surface area contributed by atoms with Crippen LogP contribution in [0.15, 0.2) is 81.6 Å². The van der Waals surface area contributed by atoms with Crippen molar-refractivity contribution in [1.29, 1.82) is 0 Å². The van der Waals surface area contributed by atoms with Crippen LogP contribution >= 0.6 is 0 Å². The zero-order valence-corrected chi connectivity index (χ0v) is 16.7. The highest BCUT2D eigenvalue weighted by Gasteiger charge is 2.46. The molecule has 1 N–H and O–H groups in total. The second kappa shape index (κ2) is 7.23. The largest absolute Gasteiger partial charge is 0.326 e. The van der Waals surface area contributed by atoms with Crippen LogP contribution in [0.4, 0.5) is 0 Å². The van der Waals surface area contributed by atoms with Gasteiger partial charge < -0.3 is 4.98 Å². The molecule has 2 aliphatic carbocycles. The number of benzene rings is 1. The Morgan fingerprint density at radius 3 is 2.75 bits per heavy atom. The third-order valence-electron chi connectivity index (χ3n) is 5.93. The number of nitrogens with one attached hydrogen (secondary N) is 1. The van der Waals surface area contributed by atoms with Gasteiger partial charge in [-0.15, -0.1) is 0 Å².